The van der Waals surface area contributed by atoms with Crippen molar-refractivity contribution < 1.29 is 0 Å². The van der Waals surface area contributed by atoms with E-state index in [2.05, 4.69) is 19.3 Å². The van der Waals surface area contributed by atoms with Gasteiger partial charge in [-0.05, 0) is 32.2 Å². The first-order valence-corrected chi connectivity index (χ1v) is 5.05. The van der Waals surface area contributed by atoms with Gasteiger partial charge in [-0.3, -0.25) is 0 Å². The number of hydrogen-bond acceptors (Lipinski definition) is 1. The molecule has 1 aliphatic carbocycles. The molecule has 2 atom stereocenters. The van der Waals surface area contributed by atoms with E-state index in [1.165, 1.54) is 38.5 Å². The summed E-state index contributed by atoms with van der Waals surface area (Å²) >= 11 is 0. The molecule has 11 heavy (non-hydrogen) atoms. The van der Waals surface area contributed by atoms with Crippen molar-refractivity contribution in [1.82, 2.24) is 5.32 Å². The number of rotatable bonds is 3. The van der Waals surface area contributed by atoms with Gasteiger partial charge in [-0.25, -0.2) is 0 Å². The monoisotopic (exact) mass is 155 g/mol. The van der Waals surface area contributed by atoms with Crippen LogP contribution in [0.1, 0.15) is 45.4 Å². The molecule has 1 rings (SSSR count). The second kappa shape index (κ2) is 4.76. The van der Waals surface area contributed by atoms with Crippen LogP contribution in [0.3, 0.4) is 0 Å². The minimum absolute atomic E-state index is 0.823. The van der Waals surface area contributed by atoms with E-state index in [0.717, 1.165) is 12.0 Å². The Bertz CT molecular complexity index is 99.0. The molecule has 1 nitrogen and oxygen atoms in total. The molecule has 0 aromatic carbocycles. The Morgan fingerprint density at radius 1 is 1.27 bits per heavy atom. The smallest absolute Gasteiger partial charge is 0.00923 e. The molecule has 1 N–H and O–H groups in total. The highest BCUT2D eigenvalue weighted by Crippen LogP contribution is 2.27. The van der Waals surface area contributed by atoms with Gasteiger partial charge in [-0.15, -0.1) is 0 Å². The number of nitrogens with one attached hydrogen (secondary N) is 1. The maximum Gasteiger partial charge on any atom is 0.00923 e. The normalized spacial score (nSPS) is 32.2. The van der Waals surface area contributed by atoms with Gasteiger partial charge in [0.1, 0.15) is 0 Å². The molecule has 0 aliphatic heterocycles. The van der Waals surface area contributed by atoms with E-state index in [1.807, 2.05) is 0 Å². The van der Waals surface area contributed by atoms with Crippen LogP contribution in [0, 0.1) is 5.92 Å². The maximum atomic E-state index is 3.44. The first-order valence-electron chi connectivity index (χ1n) is 5.05. The first-order chi connectivity index (χ1) is 5.38. The van der Waals surface area contributed by atoms with Crippen LogP contribution in [-0.2, 0) is 0 Å². The van der Waals surface area contributed by atoms with Crippen molar-refractivity contribution in [1.29, 1.82) is 0 Å². The predicted molar refractivity (Wildman–Crippen MR) is 49.7 cm³/mol. The molecule has 0 amide bonds. The van der Waals surface area contributed by atoms with Gasteiger partial charge in [0.2, 0.25) is 0 Å². The Balaban J connectivity index is 2.31. The lowest BCUT2D eigenvalue weighted by Gasteiger charge is -2.31. The second-order valence-electron chi connectivity index (χ2n) is 3.73. The molecule has 66 valence electrons. The standard InChI is InChI=1S/C10H21N/c1-3-6-9-7-4-5-8-10(9)11-2/h9-11H,3-8H2,1-2H3/t9-,10+/m0/s1. The number of hydrogen-bond donors (Lipinski definition) is 1. The SMILES string of the molecule is CCC[C@H]1CCCC[C@H]1NC. The van der Waals surface area contributed by atoms with E-state index in [4.69, 9.17) is 0 Å². The summed E-state index contributed by atoms with van der Waals surface area (Å²) in [5.74, 6) is 0.971. The van der Waals surface area contributed by atoms with Crippen molar-refractivity contribution >= 4 is 0 Å². The van der Waals surface area contributed by atoms with Gasteiger partial charge >= 0.3 is 0 Å². The zero-order chi connectivity index (χ0) is 8.10. The van der Waals surface area contributed by atoms with Gasteiger partial charge in [0.15, 0.2) is 0 Å². The molecule has 1 saturated carbocycles. The molecule has 0 aromatic rings. The molecule has 1 aliphatic rings. The summed E-state index contributed by atoms with van der Waals surface area (Å²) < 4.78 is 0. The molecule has 0 bridgehead atoms. The first kappa shape index (κ1) is 9.05. The van der Waals surface area contributed by atoms with Crippen molar-refractivity contribution in [2.75, 3.05) is 7.05 Å². The molecule has 0 radical (unpaired) electrons. The summed E-state index contributed by atoms with van der Waals surface area (Å²) in [6.45, 7) is 2.29. The Kier molecular flexibility index (Phi) is 3.92. The van der Waals surface area contributed by atoms with E-state index in [0.29, 0.717) is 0 Å². The summed E-state index contributed by atoms with van der Waals surface area (Å²) in [5.41, 5.74) is 0. The molecule has 0 heterocycles. The van der Waals surface area contributed by atoms with E-state index >= 15 is 0 Å². The predicted octanol–water partition coefficient (Wildman–Crippen LogP) is 2.56. The summed E-state index contributed by atoms with van der Waals surface area (Å²) in [6, 6.07) is 0.823. The molecule has 0 aromatic heterocycles. The Labute approximate surface area is 70.6 Å². The van der Waals surface area contributed by atoms with E-state index in [-0.39, 0.29) is 0 Å². The van der Waals surface area contributed by atoms with E-state index in [9.17, 15) is 0 Å². The lowest BCUT2D eigenvalue weighted by atomic mass is 9.82. The average molecular weight is 155 g/mol. The third-order valence-corrected chi connectivity index (χ3v) is 2.94. The summed E-state index contributed by atoms with van der Waals surface area (Å²) in [6.07, 6.45) is 8.53. The Hall–Kier alpha value is -0.0400. The van der Waals surface area contributed by atoms with Crippen molar-refractivity contribution in [3.8, 4) is 0 Å². The van der Waals surface area contributed by atoms with Gasteiger partial charge in [0.05, 0.1) is 0 Å². The quantitative estimate of drug-likeness (QED) is 0.660. The molecular weight excluding hydrogens is 134 g/mol. The molecule has 0 unspecified atom stereocenters. The van der Waals surface area contributed by atoms with Crippen LogP contribution in [0.15, 0.2) is 0 Å². The Morgan fingerprint density at radius 3 is 2.64 bits per heavy atom. The van der Waals surface area contributed by atoms with Crippen LogP contribution in [-0.4, -0.2) is 13.1 Å². The highest BCUT2D eigenvalue weighted by atomic mass is 14.9. The van der Waals surface area contributed by atoms with Crippen molar-refractivity contribution in [2.45, 2.75) is 51.5 Å². The van der Waals surface area contributed by atoms with Gasteiger partial charge < -0.3 is 5.32 Å². The minimum atomic E-state index is 0.823. The van der Waals surface area contributed by atoms with Gasteiger partial charge in [0, 0.05) is 6.04 Å². The molecule has 0 saturated heterocycles. The summed E-state index contributed by atoms with van der Waals surface area (Å²) in [4.78, 5) is 0. The zero-order valence-corrected chi connectivity index (χ0v) is 7.90. The van der Waals surface area contributed by atoms with Crippen molar-refractivity contribution in [2.24, 2.45) is 5.92 Å². The maximum absolute atomic E-state index is 3.44. The van der Waals surface area contributed by atoms with E-state index < -0.39 is 0 Å². The lowest BCUT2D eigenvalue weighted by molar-refractivity contribution is 0.258. The van der Waals surface area contributed by atoms with Crippen molar-refractivity contribution in [3.05, 3.63) is 0 Å². The van der Waals surface area contributed by atoms with Crippen molar-refractivity contribution in [3.63, 3.8) is 0 Å². The average Bonchev–Trinajstić information content (AvgIpc) is 2.06. The van der Waals surface area contributed by atoms with Gasteiger partial charge in [-0.2, -0.15) is 0 Å². The molecule has 1 fully saturated rings. The van der Waals surface area contributed by atoms with Gasteiger partial charge in [-0.1, -0.05) is 26.2 Å². The van der Waals surface area contributed by atoms with Crippen LogP contribution in [0.25, 0.3) is 0 Å². The largest absolute Gasteiger partial charge is 0.317 e. The summed E-state index contributed by atoms with van der Waals surface area (Å²) in [7, 11) is 2.11. The third-order valence-electron chi connectivity index (χ3n) is 2.94. The summed E-state index contributed by atoms with van der Waals surface area (Å²) in [5, 5.41) is 3.44. The molecule has 0 spiro atoms. The van der Waals surface area contributed by atoms with Crippen LogP contribution in [0.5, 0.6) is 0 Å². The van der Waals surface area contributed by atoms with Crippen LogP contribution in [0.2, 0.25) is 0 Å². The highest BCUT2D eigenvalue weighted by Gasteiger charge is 2.22. The fourth-order valence-corrected chi connectivity index (χ4v) is 2.30. The zero-order valence-electron chi connectivity index (χ0n) is 7.90. The third kappa shape index (κ3) is 2.48. The fourth-order valence-electron chi connectivity index (χ4n) is 2.30. The fraction of sp³-hybridized carbons (Fsp3) is 1.00. The lowest BCUT2D eigenvalue weighted by Crippen LogP contribution is -2.35. The topological polar surface area (TPSA) is 12.0 Å². The van der Waals surface area contributed by atoms with E-state index in [1.54, 1.807) is 0 Å². The van der Waals surface area contributed by atoms with Gasteiger partial charge in [0.25, 0.3) is 0 Å². The molecular formula is C10H21N. The Morgan fingerprint density at radius 2 is 2.00 bits per heavy atom. The molecule has 1 heteroatoms. The van der Waals surface area contributed by atoms with Crippen LogP contribution < -0.4 is 5.32 Å². The van der Waals surface area contributed by atoms with Crippen LogP contribution in [0.4, 0.5) is 0 Å². The van der Waals surface area contributed by atoms with Crippen LogP contribution >= 0.6 is 0 Å². The second-order valence-corrected chi connectivity index (χ2v) is 3.73. The highest BCUT2D eigenvalue weighted by molar-refractivity contribution is 4.79. The minimum Gasteiger partial charge on any atom is -0.317 e.